The smallest absolute Gasteiger partial charge is 0.324 e. The molecule has 23 heavy (non-hydrogen) atoms. The zero-order valence-electron chi connectivity index (χ0n) is 11.7. The van der Waals surface area contributed by atoms with Crippen molar-refractivity contribution in [2.45, 2.75) is 0 Å². The van der Waals surface area contributed by atoms with E-state index in [1.54, 1.807) is 24.3 Å². The van der Waals surface area contributed by atoms with Gasteiger partial charge in [0, 0.05) is 16.7 Å². The van der Waals surface area contributed by atoms with Crippen LogP contribution >= 0.6 is 23.2 Å². The Hall–Kier alpha value is -2.50. The van der Waals surface area contributed by atoms with Crippen LogP contribution in [-0.4, -0.2) is 11.2 Å². The van der Waals surface area contributed by atoms with Crippen LogP contribution in [0.3, 0.4) is 0 Å². The summed E-state index contributed by atoms with van der Waals surface area (Å²) in [7, 11) is 0. The van der Waals surface area contributed by atoms with Crippen molar-refractivity contribution in [3.8, 4) is 11.3 Å². The summed E-state index contributed by atoms with van der Waals surface area (Å²) in [6, 6.07) is 15.4. The number of aromatic nitrogens is 1. The lowest BCUT2D eigenvalue weighted by Gasteiger charge is -2.07. The minimum atomic E-state index is -0.484. The molecular weight excluding hydrogens is 337 g/mol. The Bertz CT molecular complexity index is 834. The standard InChI is InChI=1S/C16H11Cl2N3O2/c17-11-6-7-13(12(18)8-11)19-16(22)20-15-9-14(23-21-15)10-4-2-1-3-5-10/h1-9H,(H2,19,20,21,22). The zero-order chi connectivity index (χ0) is 16.2. The van der Waals surface area contributed by atoms with Gasteiger partial charge in [0.2, 0.25) is 0 Å². The van der Waals surface area contributed by atoms with Crippen LogP contribution in [0.1, 0.15) is 0 Å². The summed E-state index contributed by atoms with van der Waals surface area (Å²) in [6.07, 6.45) is 0. The number of hydrogen-bond acceptors (Lipinski definition) is 3. The monoisotopic (exact) mass is 347 g/mol. The molecule has 0 aliphatic carbocycles. The molecule has 0 fully saturated rings. The highest BCUT2D eigenvalue weighted by Crippen LogP contribution is 2.26. The Kier molecular flexibility index (Phi) is 4.50. The molecule has 0 unspecified atom stereocenters. The van der Waals surface area contributed by atoms with E-state index < -0.39 is 6.03 Å². The van der Waals surface area contributed by atoms with Crippen LogP contribution < -0.4 is 10.6 Å². The van der Waals surface area contributed by atoms with Crippen LogP contribution in [0.4, 0.5) is 16.3 Å². The highest BCUT2D eigenvalue weighted by atomic mass is 35.5. The highest BCUT2D eigenvalue weighted by molar-refractivity contribution is 6.36. The van der Waals surface area contributed by atoms with Crippen molar-refractivity contribution in [1.29, 1.82) is 0 Å². The van der Waals surface area contributed by atoms with E-state index in [1.807, 2.05) is 30.3 Å². The van der Waals surface area contributed by atoms with E-state index in [-0.39, 0.29) is 0 Å². The summed E-state index contributed by atoms with van der Waals surface area (Å²) in [5.74, 6) is 0.858. The molecular formula is C16H11Cl2N3O2. The van der Waals surface area contributed by atoms with Gasteiger partial charge in [-0.15, -0.1) is 0 Å². The van der Waals surface area contributed by atoms with Gasteiger partial charge in [-0.1, -0.05) is 58.7 Å². The van der Waals surface area contributed by atoms with Crippen LogP contribution in [0, 0.1) is 0 Å². The summed E-state index contributed by atoms with van der Waals surface area (Å²) in [5.41, 5.74) is 1.31. The molecule has 0 aliphatic heterocycles. The van der Waals surface area contributed by atoms with E-state index in [0.29, 0.717) is 27.3 Å². The number of rotatable bonds is 3. The average molecular weight is 348 g/mol. The van der Waals surface area contributed by atoms with Crippen molar-refractivity contribution in [3.63, 3.8) is 0 Å². The third-order valence-electron chi connectivity index (χ3n) is 2.99. The molecule has 0 spiro atoms. The van der Waals surface area contributed by atoms with E-state index in [1.165, 1.54) is 0 Å². The molecule has 1 heterocycles. The number of nitrogens with zero attached hydrogens (tertiary/aromatic N) is 1. The molecule has 2 aromatic carbocycles. The lowest BCUT2D eigenvalue weighted by molar-refractivity contribution is 0.262. The fraction of sp³-hybridized carbons (Fsp3) is 0. The van der Waals surface area contributed by atoms with Crippen molar-refractivity contribution in [2.24, 2.45) is 0 Å². The van der Waals surface area contributed by atoms with Crippen molar-refractivity contribution in [2.75, 3.05) is 10.6 Å². The number of anilines is 2. The van der Waals surface area contributed by atoms with Crippen molar-refractivity contribution >= 4 is 40.7 Å². The Morgan fingerprint density at radius 2 is 1.78 bits per heavy atom. The summed E-state index contributed by atoms with van der Waals surface area (Å²) >= 11 is 11.8. The number of hydrogen-bond donors (Lipinski definition) is 2. The van der Waals surface area contributed by atoms with E-state index in [9.17, 15) is 4.79 Å². The maximum Gasteiger partial charge on any atom is 0.324 e. The number of carbonyl (C=O) groups excluding carboxylic acids is 1. The second-order valence-electron chi connectivity index (χ2n) is 4.65. The van der Waals surface area contributed by atoms with E-state index >= 15 is 0 Å². The third kappa shape index (κ3) is 3.83. The third-order valence-corrected chi connectivity index (χ3v) is 3.54. The predicted molar refractivity (Wildman–Crippen MR) is 91.0 cm³/mol. The molecule has 0 bridgehead atoms. The van der Waals surface area contributed by atoms with Gasteiger partial charge >= 0.3 is 6.03 Å². The Morgan fingerprint density at radius 1 is 1.00 bits per heavy atom. The fourth-order valence-electron chi connectivity index (χ4n) is 1.93. The van der Waals surface area contributed by atoms with Gasteiger partial charge in [-0.2, -0.15) is 0 Å². The lowest BCUT2D eigenvalue weighted by atomic mass is 10.2. The Balaban J connectivity index is 1.68. The second kappa shape index (κ2) is 6.73. The molecule has 1 aromatic heterocycles. The van der Waals surface area contributed by atoms with Crippen LogP contribution in [0.15, 0.2) is 59.1 Å². The van der Waals surface area contributed by atoms with Gasteiger partial charge in [0.05, 0.1) is 10.7 Å². The molecule has 0 radical (unpaired) electrons. The first-order chi connectivity index (χ1) is 11.1. The summed E-state index contributed by atoms with van der Waals surface area (Å²) in [6.45, 7) is 0. The van der Waals surface area contributed by atoms with Gasteiger partial charge in [0.1, 0.15) is 0 Å². The normalized spacial score (nSPS) is 10.3. The van der Waals surface area contributed by atoms with E-state index in [2.05, 4.69) is 15.8 Å². The maximum absolute atomic E-state index is 12.0. The molecule has 0 saturated carbocycles. The fourth-order valence-corrected chi connectivity index (χ4v) is 2.39. The maximum atomic E-state index is 12.0. The quantitative estimate of drug-likeness (QED) is 0.676. The van der Waals surface area contributed by atoms with Crippen molar-refractivity contribution < 1.29 is 9.32 Å². The zero-order valence-corrected chi connectivity index (χ0v) is 13.2. The number of nitrogens with one attached hydrogen (secondary N) is 2. The topological polar surface area (TPSA) is 67.2 Å². The van der Waals surface area contributed by atoms with E-state index in [4.69, 9.17) is 27.7 Å². The molecule has 116 valence electrons. The van der Waals surface area contributed by atoms with Crippen LogP contribution in [0.25, 0.3) is 11.3 Å². The molecule has 2 N–H and O–H groups in total. The second-order valence-corrected chi connectivity index (χ2v) is 5.49. The summed E-state index contributed by atoms with van der Waals surface area (Å²) < 4.78 is 5.21. The first-order valence-electron chi connectivity index (χ1n) is 6.67. The van der Waals surface area contributed by atoms with Gasteiger partial charge in [0.15, 0.2) is 11.6 Å². The van der Waals surface area contributed by atoms with E-state index in [0.717, 1.165) is 5.56 Å². The molecule has 7 heteroatoms. The molecule has 2 amide bonds. The minimum Gasteiger partial charge on any atom is -0.354 e. The molecule has 0 saturated heterocycles. The summed E-state index contributed by atoms with van der Waals surface area (Å²) in [4.78, 5) is 12.0. The Morgan fingerprint density at radius 3 is 2.52 bits per heavy atom. The van der Waals surface area contributed by atoms with Gasteiger partial charge in [-0.25, -0.2) is 4.79 Å². The van der Waals surface area contributed by atoms with Gasteiger partial charge in [0.25, 0.3) is 0 Å². The number of carbonyl (C=O) groups is 1. The number of benzene rings is 2. The average Bonchev–Trinajstić information content (AvgIpc) is 2.99. The molecule has 5 nitrogen and oxygen atoms in total. The minimum absolute atomic E-state index is 0.298. The molecule has 0 atom stereocenters. The number of halogens is 2. The molecule has 3 aromatic rings. The number of urea groups is 1. The van der Waals surface area contributed by atoms with Crippen molar-refractivity contribution in [1.82, 2.24) is 5.16 Å². The first kappa shape index (κ1) is 15.4. The molecule has 0 aliphatic rings. The number of amides is 2. The van der Waals surface area contributed by atoms with Crippen LogP contribution in [-0.2, 0) is 0 Å². The van der Waals surface area contributed by atoms with Gasteiger partial charge in [-0.3, -0.25) is 5.32 Å². The first-order valence-corrected chi connectivity index (χ1v) is 7.42. The summed E-state index contributed by atoms with van der Waals surface area (Å²) in [5, 5.41) is 9.83. The van der Waals surface area contributed by atoms with Crippen molar-refractivity contribution in [3.05, 3.63) is 64.6 Å². The Labute approximate surface area is 142 Å². The lowest BCUT2D eigenvalue weighted by Crippen LogP contribution is -2.19. The highest BCUT2D eigenvalue weighted by Gasteiger charge is 2.11. The predicted octanol–water partition coefficient (Wildman–Crippen LogP) is 5.29. The van der Waals surface area contributed by atoms with Gasteiger partial charge < -0.3 is 9.84 Å². The van der Waals surface area contributed by atoms with Crippen LogP contribution in [0.2, 0.25) is 10.0 Å². The van der Waals surface area contributed by atoms with Gasteiger partial charge in [-0.05, 0) is 18.2 Å². The van der Waals surface area contributed by atoms with Crippen LogP contribution in [0.5, 0.6) is 0 Å². The molecule has 3 rings (SSSR count). The largest absolute Gasteiger partial charge is 0.354 e. The SMILES string of the molecule is O=C(Nc1cc(-c2ccccc2)on1)Nc1ccc(Cl)cc1Cl.